The van der Waals surface area contributed by atoms with Gasteiger partial charge in [-0.2, -0.15) is 0 Å². The first-order valence-corrected chi connectivity index (χ1v) is 13.1. The maximum atomic E-state index is 4.72. The zero-order valence-electron chi connectivity index (χ0n) is 19.2. The molecule has 0 fully saturated rings. The van der Waals surface area contributed by atoms with Crippen molar-refractivity contribution in [3.05, 3.63) is 119 Å². The molecule has 0 spiro atoms. The summed E-state index contributed by atoms with van der Waals surface area (Å²) in [6, 6.07) is 32.7. The Morgan fingerprint density at radius 1 is 0.500 bits per heavy atom. The van der Waals surface area contributed by atoms with Gasteiger partial charge in [0, 0.05) is 55.5 Å². The van der Waals surface area contributed by atoms with Gasteiger partial charge in [0.1, 0.15) is 0 Å². The van der Waals surface area contributed by atoms with E-state index in [9.17, 15) is 0 Å². The first-order chi connectivity index (χ1) is 17.8. The summed E-state index contributed by atoms with van der Waals surface area (Å²) in [5.74, 6) is 0. The monoisotopic (exact) mass is 500 g/mol. The third-order valence-electron chi connectivity index (χ3n) is 5.60. The molecule has 0 N–H and O–H groups in total. The van der Waals surface area contributed by atoms with Gasteiger partial charge < -0.3 is 0 Å². The molecule has 3 heterocycles. The van der Waals surface area contributed by atoms with Crippen LogP contribution >= 0.6 is 22.7 Å². The molecule has 0 saturated carbocycles. The Labute approximate surface area is 217 Å². The Kier molecular flexibility index (Phi) is 6.27. The van der Waals surface area contributed by atoms with Crippen molar-refractivity contribution in [1.82, 2.24) is 9.97 Å². The zero-order valence-corrected chi connectivity index (χ0v) is 20.8. The first-order valence-electron chi connectivity index (χ1n) is 11.5. The molecule has 0 amide bonds. The summed E-state index contributed by atoms with van der Waals surface area (Å²) in [4.78, 5) is 23.1. The van der Waals surface area contributed by atoms with Crippen LogP contribution in [0.3, 0.4) is 0 Å². The lowest BCUT2D eigenvalue weighted by atomic mass is 10.1. The minimum Gasteiger partial charge on any atom is -0.255 e. The number of para-hydroxylation sites is 2. The van der Waals surface area contributed by atoms with Gasteiger partial charge in [0.25, 0.3) is 0 Å². The van der Waals surface area contributed by atoms with E-state index < -0.39 is 0 Å². The second-order valence-corrected chi connectivity index (χ2v) is 10.2. The predicted molar refractivity (Wildman–Crippen MR) is 154 cm³/mol. The smallest absolute Gasteiger partial charge is 0.0979 e. The molecule has 0 aliphatic rings. The van der Waals surface area contributed by atoms with Crippen LogP contribution in [0.4, 0.5) is 11.4 Å². The van der Waals surface area contributed by atoms with Gasteiger partial charge in [-0.05, 0) is 48.5 Å². The number of rotatable bonds is 6. The van der Waals surface area contributed by atoms with E-state index in [1.165, 1.54) is 0 Å². The van der Waals surface area contributed by atoms with E-state index in [4.69, 9.17) is 9.97 Å². The average molecular weight is 501 g/mol. The van der Waals surface area contributed by atoms with Crippen LogP contribution in [-0.2, 0) is 0 Å². The van der Waals surface area contributed by atoms with Crippen LogP contribution in [0.5, 0.6) is 0 Å². The van der Waals surface area contributed by atoms with Crippen LogP contribution in [0.1, 0.15) is 9.75 Å². The van der Waals surface area contributed by atoms with Gasteiger partial charge in [-0.25, -0.2) is 0 Å². The second kappa shape index (κ2) is 10.2. The molecule has 4 nitrogen and oxygen atoms in total. The van der Waals surface area contributed by atoms with Crippen molar-refractivity contribution in [3.8, 4) is 20.9 Å². The van der Waals surface area contributed by atoms with Crippen molar-refractivity contribution in [2.24, 2.45) is 9.98 Å². The van der Waals surface area contributed by atoms with Crippen LogP contribution in [-0.4, -0.2) is 22.4 Å². The molecule has 3 aromatic carbocycles. The van der Waals surface area contributed by atoms with Crippen molar-refractivity contribution < 1.29 is 0 Å². The topological polar surface area (TPSA) is 50.5 Å². The molecule has 0 bridgehead atoms. The predicted octanol–water partition coefficient (Wildman–Crippen LogP) is 8.59. The highest BCUT2D eigenvalue weighted by Crippen LogP contribution is 2.38. The number of aliphatic imine (C=N–C) groups is 2. The van der Waals surface area contributed by atoms with E-state index in [0.29, 0.717) is 0 Å². The maximum absolute atomic E-state index is 4.72. The van der Waals surface area contributed by atoms with Gasteiger partial charge in [-0.15, -0.1) is 22.7 Å². The molecule has 172 valence electrons. The average Bonchev–Trinajstić information content (AvgIpc) is 3.61. The van der Waals surface area contributed by atoms with E-state index in [1.54, 1.807) is 35.1 Å². The summed E-state index contributed by atoms with van der Waals surface area (Å²) in [6.45, 7) is 0. The third-order valence-corrected chi connectivity index (χ3v) is 7.71. The molecule has 0 saturated heterocycles. The molecule has 36 heavy (non-hydrogen) atoms. The van der Waals surface area contributed by atoms with Gasteiger partial charge in [0.2, 0.25) is 0 Å². The normalized spacial score (nSPS) is 11.7. The molecule has 0 atom stereocenters. The largest absolute Gasteiger partial charge is 0.255 e. The number of benzene rings is 3. The Bertz CT molecular complexity index is 1560. The molecule has 0 aliphatic heterocycles. The number of fused-ring (bicyclic) bond motifs is 1. The minimum atomic E-state index is 0.899. The Morgan fingerprint density at radius 3 is 1.39 bits per heavy atom. The SMILES string of the molecule is C(=Nc1ccccc1)c1ccc(-c2ccc(-c3ccc(C=Nc4ccccc4)s3)c3nccnc23)s1. The fourth-order valence-corrected chi connectivity index (χ4v) is 5.71. The summed E-state index contributed by atoms with van der Waals surface area (Å²) >= 11 is 3.40. The molecular weight excluding hydrogens is 480 g/mol. The summed E-state index contributed by atoms with van der Waals surface area (Å²) in [5, 5.41) is 0. The Balaban J connectivity index is 1.31. The molecule has 0 aliphatic carbocycles. The van der Waals surface area contributed by atoms with Gasteiger partial charge >= 0.3 is 0 Å². The summed E-state index contributed by atoms with van der Waals surface area (Å²) < 4.78 is 0. The quantitative estimate of drug-likeness (QED) is 0.215. The van der Waals surface area contributed by atoms with Gasteiger partial charge in [0.05, 0.1) is 22.4 Å². The fraction of sp³-hybridized carbons (Fsp3) is 0. The van der Waals surface area contributed by atoms with Crippen molar-refractivity contribution >= 4 is 57.5 Å². The van der Waals surface area contributed by atoms with Crippen LogP contribution in [0.2, 0.25) is 0 Å². The number of hydrogen-bond acceptors (Lipinski definition) is 6. The fourth-order valence-electron chi connectivity index (χ4n) is 3.89. The number of aromatic nitrogens is 2. The van der Waals surface area contributed by atoms with Crippen LogP contribution in [0.15, 0.2) is 119 Å². The standard InChI is InChI=1S/C30H20N4S2/c1-3-7-21(8-4-1)33-19-23-11-15-27(35-23)25-13-14-26(30-29(25)31-17-18-32-30)28-16-12-24(36-28)20-34-22-9-5-2-6-10-22/h1-20H. The van der Waals surface area contributed by atoms with Crippen molar-refractivity contribution in [2.45, 2.75) is 0 Å². The third kappa shape index (κ3) is 4.77. The van der Waals surface area contributed by atoms with Crippen molar-refractivity contribution in [2.75, 3.05) is 0 Å². The van der Waals surface area contributed by atoms with E-state index in [-0.39, 0.29) is 0 Å². The minimum absolute atomic E-state index is 0.899. The lowest BCUT2D eigenvalue weighted by Crippen LogP contribution is -1.88. The first kappa shape index (κ1) is 22.2. The number of hydrogen-bond donors (Lipinski definition) is 0. The molecule has 6 aromatic rings. The zero-order chi connectivity index (χ0) is 24.2. The van der Waals surface area contributed by atoms with Gasteiger partial charge in [-0.1, -0.05) is 48.5 Å². The molecule has 6 heteroatoms. The highest BCUT2D eigenvalue weighted by atomic mass is 32.1. The van der Waals surface area contributed by atoms with E-state index >= 15 is 0 Å². The lowest BCUT2D eigenvalue weighted by Gasteiger charge is -2.07. The van der Waals surface area contributed by atoms with E-state index in [1.807, 2.05) is 73.1 Å². The van der Waals surface area contributed by atoms with Gasteiger partial charge in [-0.3, -0.25) is 20.0 Å². The maximum Gasteiger partial charge on any atom is 0.0979 e. The molecule has 6 rings (SSSR count). The van der Waals surface area contributed by atoms with Crippen LogP contribution < -0.4 is 0 Å². The lowest BCUT2D eigenvalue weighted by molar-refractivity contribution is 1.30. The summed E-state index contributed by atoms with van der Waals surface area (Å²) in [7, 11) is 0. The van der Waals surface area contributed by atoms with Crippen LogP contribution in [0.25, 0.3) is 31.9 Å². The molecule has 0 unspecified atom stereocenters. The highest BCUT2D eigenvalue weighted by Gasteiger charge is 2.14. The van der Waals surface area contributed by atoms with Crippen molar-refractivity contribution in [1.29, 1.82) is 0 Å². The van der Waals surface area contributed by atoms with Crippen LogP contribution in [0, 0.1) is 0 Å². The number of nitrogens with zero attached hydrogens (tertiary/aromatic N) is 4. The molecule has 3 aromatic heterocycles. The Morgan fingerprint density at radius 2 is 0.944 bits per heavy atom. The molecule has 0 radical (unpaired) electrons. The van der Waals surface area contributed by atoms with E-state index in [2.05, 4.69) is 46.4 Å². The van der Waals surface area contributed by atoms with Crippen molar-refractivity contribution in [3.63, 3.8) is 0 Å². The highest BCUT2D eigenvalue weighted by molar-refractivity contribution is 7.17. The number of thiophene rings is 2. The summed E-state index contributed by atoms with van der Waals surface area (Å²) in [5.41, 5.74) is 5.84. The van der Waals surface area contributed by atoms with E-state index in [0.717, 1.165) is 53.0 Å². The second-order valence-electron chi connectivity index (χ2n) is 8.01. The molecular formula is C30H20N4S2. The summed E-state index contributed by atoms with van der Waals surface area (Å²) in [6.07, 6.45) is 7.34. The Hall–Kier alpha value is -4.26. The van der Waals surface area contributed by atoms with Gasteiger partial charge in [0.15, 0.2) is 0 Å².